The number of carbonyl (C=O) groups is 1. The van der Waals surface area contributed by atoms with Gasteiger partial charge in [0.1, 0.15) is 0 Å². The largest absolute Gasteiger partial charge is 0.661 e. The number of amides is 1. The third-order valence-corrected chi connectivity index (χ3v) is 3.11. The van der Waals surface area contributed by atoms with E-state index in [-0.39, 0.29) is 26.5 Å². The molecule has 0 aliphatic carbocycles. The molecule has 0 bridgehead atoms. The van der Waals surface area contributed by atoms with Gasteiger partial charge in [0.25, 0.3) is 0 Å². The predicted octanol–water partition coefficient (Wildman–Crippen LogP) is 1.000. The van der Waals surface area contributed by atoms with E-state index in [1.165, 1.54) is 0 Å². The van der Waals surface area contributed by atoms with Gasteiger partial charge in [0.2, 0.25) is 5.91 Å². The van der Waals surface area contributed by atoms with Crippen LogP contribution in [0.15, 0.2) is 0 Å². The molecule has 2 saturated heterocycles. The van der Waals surface area contributed by atoms with Gasteiger partial charge in [-0.05, 0) is 12.8 Å². The first-order valence-corrected chi connectivity index (χ1v) is 4.63. The van der Waals surface area contributed by atoms with Crippen molar-refractivity contribution in [2.75, 3.05) is 26.7 Å². The summed E-state index contributed by atoms with van der Waals surface area (Å²) in [4.78, 5) is 13.6. The van der Waals surface area contributed by atoms with E-state index in [9.17, 15) is 4.79 Å². The van der Waals surface area contributed by atoms with Crippen molar-refractivity contribution in [3.63, 3.8) is 0 Å². The molecule has 2 rings (SSSR count). The SMILES string of the molecule is CN1CCC2(CCC[N-]C2)C1=O.[W]. The molecule has 2 aliphatic rings. The first-order valence-electron chi connectivity index (χ1n) is 4.63. The zero-order chi connectivity index (χ0) is 8.60. The van der Waals surface area contributed by atoms with Crippen LogP contribution in [0.25, 0.3) is 5.32 Å². The fraction of sp³-hybridized carbons (Fsp3) is 0.889. The van der Waals surface area contributed by atoms with Gasteiger partial charge in [-0.1, -0.05) is 6.42 Å². The average molecular weight is 351 g/mol. The zero-order valence-electron chi connectivity index (χ0n) is 7.95. The van der Waals surface area contributed by atoms with Crippen molar-refractivity contribution >= 4 is 5.91 Å². The van der Waals surface area contributed by atoms with Crippen LogP contribution in [0.2, 0.25) is 0 Å². The molecule has 0 aromatic heterocycles. The van der Waals surface area contributed by atoms with Crippen LogP contribution in [0, 0.1) is 5.41 Å². The second kappa shape index (κ2) is 4.10. The molecule has 0 aromatic carbocycles. The predicted molar refractivity (Wildman–Crippen MR) is 47.0 cm³/mol. The maximum atomic E-state index is 11.7. The Morgan fingerprint density at radius 2 is 2.23 bits per heavy atom. The zero-order valence-corrected chi connectivity index (χ0v) is 10.9. The Balaban J connectivity index is 0.000000845. The third kappa shape index (κ3) is 1.82. The molecule has 0 aromatic rings. The van der Waals surface area contributed by atoms with Gasteiger partial charge in [-0.25, -0.2) is 0 Å². The molecule has 3 nitrogen and oxygen atoms in total. The Morgan fingerprint density at radius 3 is 2.69 bits per heavy atom. The van der Waals surface area contributed by atoms with E-state index in [2.05, 4.69) is 5.32 Å². The molecule has 2 heterocycles. The van der Waals surface area contributed by atoms with Gasteiger partial charge in [0, 0.05) is 40.1 Å². The Bertz CT molecular complexity index is 196. The second-order valence-corrected chi connectivity index (χ2v) is 3.97. The van der Waals surface area contributed by atoms with Crippen molar-refractivity contribution in [3.05, 3.63) is 5.32 Å². The van der Waals surface area contributed by atoms with Gasteiger partial charge in [-0.3, -0.25) is 4.79 Å². The van der Waals surface area contributed by atoms with Crippen molar-refractivity contribution in [1.82, 2.24) is 4.90 Å². The van der Waals surface area contributed by atoms with Crippen molar-refractivity contribution in [1.29, 1.82) is 0 Å². The van der Waals surface area contributed by atoms with E-state index >= 15 is 0 Å². The molecule has 1 amide bonds. The van der Waals surface area contributed by atoms with E-state index < -0.39 is 0 Å². The number of likely N-dealkylation sites (tertiary alicyclic amines) is 1. The van der Waals surface area contributed by atoms with Gasteiger partial charge >= 0.3 is 0 Å². The maximum Gasteiger partial charge on any atom is 0.226 e. The summed E-state index contributed by atoms with van der Waals surface area (Å²) in [5.41, 5.74) is -0.0764. The summed E-state index contributed by atoms with van der Waals surface area (Å²) in [6.45, 7) is 2.66. The number of hydrogen-bond acceptors (Lipinski definition) is 1. The van der Waals surface area contributed by atoms with Crippen LogP contribution in [0.4, 0.5) is 0 Å². The minimum absolute atomic E-state index is 0. The minimum atomic E-state index is -0.0764. The number of nitrogens with zero attached hydrogens (tertiary/aromatic N) is 2. The third-order valence-electron chi connectivity index (χ3n) is 3.11. The summed E-state index contributed by atoms with van der Waals surface area (Å²) < 4.78 is 0. The topological polar surface area (TPSA) is 34.4 Å². The number of rotatable bonds is 0. The normalized spacial score (nSPS) is 33.6. The van der Waals surface area contributed by atoms with Crippen LogP contribution in [0.1, 0.15) is 19.3 Å². The summed E-state index contributed by atoms with van der Waals surface area (Å²) in [6, 6.07) is 0. The second-order valence-electron chi connectivity index (χ2n) is 3.97. The summed E-state index contributed by atoms with van der Waals surface area (Å²) in [5, 5.41) is 4.35. The minimum Gasteiger partial charge on any atom is -0.661 e. The van der Waals surface area contributed by atoms with Crippen LogP contribution < -0.4 is 0 Å². The summed E-state index contributed by atoms with van der Waals surface area (Å²) in [6.07, 6.45) is 3.17. The first kappa shape index (κ1) is 11.2. The van der Waals surface area contributed by atoms with Gasteiger partial charge in [-0.15, -0.1) is 13.1 Å². The molecule has 0 radical (unpaired) electrons. The van der Waals surface area contributed by atoms with E-state index in [0.29, 0.717) is 5.91 Å². The first-order chi connectivity index (χ1) is 5.75. The summed E-state index contributed by atoms with van der Waals surface area (Å²) in [7, 11) is 1.89. The Hall–Kier alpha value is 0.118. The quantitative estimate of drug-likeness (QED) is 0.641. The monoisotopic (exact) mass is 351 g/mol. The van der Waals surface area contributed by atoms with Crippen molar-refractivity contribution < 1.29 is 25.9 Å². The molecule has 13 heavy (non-hydrogen) atoms. The van der Waals surface area contributed by atoms with Gasteiger partial charge in [0.15, 0.2) is 0 Å². The van der Waals surface area contributed by atoms with Gasteiger partial charge < -0.3 is 10.2 Å². The van der Waals surface area contributed by atoms with Crippen LogP contribution in [0.5, 0.6) is 0 Å². The van der Waals surface area contributed by atoms with Gasteiger partial charge in [-0.2, -0.15) is 0 Å². The van der Waals surface area contributed by atoms with Crippen molar-refractivity contribution in [3.8, 4) is 0 Å². The smallest absolute Gasteiger partial charge is 0.226 e. The molecule has 1 spiro atoms. The molecular weight excluding hydrogens is 336 g/mol. The van der Waals surface area contributed by atoms with Gasteiger partial charge in [0.05, 0.1) is 0 Å². The molecule has 0 N–H and O–H groups in total. The molecule has 1 atom stereocenters. The molecule has 2 fully saturated rings. The van der Waals surface area contributed by atoms with Crippen LogP contribution in [-0.2, 0) is 25.9 Å². The van der Waals surface area contributed by atoms with E-state index in [4.69, 9.17) is 0 Å². The Morgan fingerprint density at radius 1 is 1.46 bits per heavy atom. The Labute approximate surface area is 93.5 Å². The average Bonchev–Trinajstić information content (AvgIpc) is 2.37. The molecular formula is C9H15N2OW-. The van der Waals surface area contributed by atoms with Crippen LogP contribution in [-0.4, -0.2) is 37.5 Å². The summed E-state index contributed by atoms with van der Waals surface area (Å²) in [5.74, 6) is 0.325. The fourth-order valence-electron chi connectivity index (χ4n) is 2.28. The number of carbonyl (C=O) groups excluding carboxylic acids is 1. The number of hydrogen-bond donors (Lipinski definition) is 0. The Kier molecular flexibility index (Phi) is 3.53. The summed E-state index contributed by atoms with van der Waals surface area (Å²) >= 11 is 0. The standard InChI is InChI=1S/C9H15N2O.W/c1-11-6-4-9(8(11)12)3-2-5-10-7-9;/h2-7H2,1H3;/q-1;. The number of piperidine rings is 1. The molecule has 1 unspecified atom stereocenters. The van der Waals surface area contributed by atoms with Crippen LogP contribution >= 0.6 is 0 Å². The van der Waals surface area contributed by atoms with Crippen molar-refractivity contribution in [2.45, 2.75) is 19.3 Å². The molecule has 74 valence electrons. The fourth-order valence-corrected chi connectivity index (χ4v) is 2.28. The van der Waals surface area contributed by atoms with Crippen LogP contribution in [0.3, 0.4) is 0 Å². The maximum absolute atomic E-state index is 11.7. The molecule has 2 aliphatic heterocycles. The van der Waals surface area contributed by atoms with E-state index in [1.807, 2.05) is 11.9 Å². The van der Waals surface area contributed by atoms with E-state index in [1.54, 1.807) is 0 Å². The van der Waals surface area contributed by atoms with E-state index in [0.717, 1.165) is 38.9 Å². The van der Waals surface area contributed by atoms with Crippen molar-refractivity contribution in [2.24, 2.45) is 5.41 Å². The molecule has 4 heteroatoms. The molecule has 0 saturated carbocycles.